The monoisotopic (exact) mass is 239 g/mol. The molecule has 1 saturated heterocycles. The van der Waals surface area contributed by atoms with E-state index < -0.39 is 0 Å². The quantitative estimate of drug-likeness (QED) is 0.876. The Balaban J connectivity index is 1.84. The third-order valence-corrected chi connectivity index (χ3v) is 4.34. The van der Waals surface area contributed by atoms with Crippen molar-refractivity contribution in [1.82, 2.24) is 0 Å². The Morgan fingerprint density at radius 3 is 3.06 bits per heavy atom. The Bertz CT molecular complexity index is 304. The van der Waals surface area contributed by atoms with Crippen molar-refractivity contribution in [2.24, 2.45) is 5.73 Å². The van der Waals surface area contributed by atoms with Crippen molar-refractivity contribution in [2.45, 2.75) is 50.7 Å². The highest BCUT2D eigenvalue weighted by molar-refractivity contribution is 7.07. The molecule has 1 fully saturated rings. The summed E-state index contributed by atoms with van der Waals surface area (Å²) in [5, 5.41) is 4.33. The summed E-state index contributed by atoms with van der Waals surface area (Å²) in [4.78, 5) is 0. The normalized spacial score (nSPS) is 27.9. The highest BCUT2D eigenvalue weighted by Gasteiger charge is 2.33. The highest BCUT2D eigenvalue weighted by atomic mass is 32.1. The van der Waals surface area contributed by atoms with E-state index >= 15 is 0 Å². The van der Waals surface area contributed by atoms with Crippen LogP contribution in [0.15, 0.2) is 16.8 Å². The van der Waals surface area contributed by atoms with E-state index in [4.69, 9.17) is 10.5 Å². The SMILES string of the molecule is CC1(C(N)CCc2ccsc2)CCCCO1. The minimum atomic E-state index is -0.0890. The maximum absolute atomic E-state index is 6.28. The summed E-state index contributed by atoms with van der Waals surface area (Å²) in [6.45, 7) is 3.05. The van der Waals surface area contributed by atoms with Crippen LogP contribution < -0.4 is 5.73 Å². The third kappa shape index (κ3) is 2.84. The van der Waals surface area contributed by atoms with E-state index in [9.17, 15) is 0 Å². The lowest BCUT2D eigenvalue weighted by molar-refractivity contribution is -0.0822. The zero-order valence-electron chi connectivity index (χ0n) is 9.95. The lowest BCUT2D eigenvalue weighted by Gasteiger charge is -2.38. The van der Waals surface area contributed by atoms with Crippen LogP contribution in [0.5, 0.6) is 0 Å². The molecule has 2 nitrogen and oxygen atoms in total. The first kappa shape index (κ1) is 12.1. The lowest BCUT2D eigenvalue weighted by atomic mass is 9.86. The number of ether oxygens (including phenoxy) is 1. The second-order valence-corrected chi connectivity index (χ2v) is 5.68. The molecule has 16 heavy (non-hydrogen) atoms. The third-order valence-electron chi connectivity index (χ3n) is 3.61. The number of thiophene rings is 1. The molecule has 2 atom stereocenters. The van der Waals surface area contributed by atoms with Crippen LogP contribution in [-0.4, -0.2) is 18.2 Å². The number of hydrogen-bond donors (Lipinski definition) is 1. The second kappa shape index (κ2) is 5.30. The van der Waals surface area contributed by atoms with E-state index in [0.29, 0.717) is 0 Å². The van der Waals surface area contributed by atoms with Gasteiger partial charge in [-0.15, -0.1) is 0 Å². The van der Waals surface area contributed by atoms with E-state index in [1.807, 2.05) is 0 Å². The first-order valence-electron chi connectivity index (χ1n) is 6.11. The van der Waals surface area contributed by atoms with Crippen molar-refractivity contribution in [2.75, 3.05) is 6.61 Å². The van der Waals surface area contributed by atoms with Gasteiger partial charge in [-0.05, 0) is 61.4 Å². The van der Waals surface area contributed by atoms with Gasteiger partial charge in [-0.25, -0.2) is 0 Å². The van der Waals surface area contributed by atoms with Crippen LogP contribution in [0.2, 0.25) is 0 Å². The van der Waals surface area contributed by atoms with E-state index in [1.54, 1.807) is 11.3 Å². The molecule has 2 unspecified atom stereocenters. The van der Waals surface area contributed by atoms with Gasteiger partial charge in [0.1, 0.15) is 0 Å². The molecular formula is C13H21NOS. The molecule has 0 radical (unpaired) electrons. The summed E-state index contributed by atoms with van der Waals surface area (Å²) in [5.74, 6) is 0. The fraction of sp³-hybridized carbons (Fsp3) is 0.692. The predicted octanol–water partition coefficient (Wildman–Crippen LogP) is 2.97. The van der Waals surface area contributed by atoms with Crippen LogP contribution in [0.1, 0.15) is 38.2 Å². The van der Waals surface area contributed by atoms with Gasteiger partial charge < -0.3 is 10.5 Å². The Hall–Kier alpha value is -0.380. The van der Waals surface area contributed by atoms with Crippen molar-refractivity contribution in [3.8, 4) is 0 Å². The Labute approximate surface area is 102 Å². The number of aryl methyl sites for hydroxylation is 1. The molecule has 1 aliphatic rings. The van der Waals surface area contributed by atoms with Crippen LogP contribution in [0.3, 0.4) is 0 Å². The second-order valence-electron chi connectivity index (χ2n) is 4.90. The Morgan fingerprint density at radius 1 is 1.56 bits per heavy atom. The van der Waals surface area contributed by atoms with Crippen LogP contribution >= 0.6 is 11.3 Å². The molecule has 1 aromatic rings. The van der Waals surface area contributed by atoms with Crippen LogP contribution in [0.4, 0.5) is 0 Å². The van der Waals surface area contributed by atoms with Gasteiger partial charge in [0.15, 0.2) is 0 Å². The molecule has 0 saturated carbocycles. The van der Waals surface area contributed by atoms with Gasteiger partial charge in [-0.1, -0.05) is 0 Å². The summed E-state index contributed by atoms with van der Waals surface area (Å²) in [5.41, 5.74) is 7.59. The van der Waals surface area contributed by atoms with Crippen LogP contribution in [-0.2, 0) is 11.2 Å². The summed E-state index contributed by atoms with van der Waals surface area (Å²) < 4.78 is 5.87. The van der Waals surface area contributed by atoms with E-state index in [2.05, 4.69) is 23.8 Å². The summed E-state index contributed by atoms with van der Waals surface area (Å²) in [7, 11) is 0. The van der Waals surface area contributed by atoms with Gasteiger partial charge in [0.05, 0.1) is 5.60 Å². The minimum absolute atomic E-state index is 0.0890. The average Bonchev–Trinajstić information content (AvgIpc) is 2.79. The highest BCUT2D eigenvalue weighted by Crippen LogP contribution is 2.28. The van der Waals surface area contributed by atoms with Crippen LogP contribution in [0.25, 0.3) is 0 Å². The molecule has 2 N–H and O–H groups in total. The Kier molecular flexibility index (Phi) is 4.00. The maximum atomic E-state index is 6.28. The number of nitrogens with two attached hydrogens (primary N) is 1. The number of rotatable bonds is 4. The van der Waals surface area contributed by atoms with Crippen LogP contribution in [0, 0.1) is 0 Å². The molecule has 2 heterocycles. The molecule has 0 spiro atoms. The Morgan fingerprint density at radius 2 is 2.44 bits per heavy atom. The zero-order valence-corrected chi connectivity index (χ0v) is 10.8. The van der Waals surface area contributed by atoms with Gasteiger partial charge in [0.2, 0.25) is 0 Å². The van der Waals surface area contributed by atoms with E-state index in [0.717, 1.165) is 25.9 Å². The van der Waals surface area contributed by atoms with Gasteiger partial charge in [0, 0.05) is 12.6 Å². The van der Waals surface area contributed by atoms with E-state index in [1.165, 1.54) is 18.4 Å². The molecule has 3 heteroatoms. The fourth-order valence-corrected chi connectivity index (χ4v) is 3.01. The van der Waals surface area contributed by atoms with Crippen molar-refractivity contribution < 1.29 is 4.74 Å². The average molecular weight is 239 g/mol. The van der Waals surface area contributed by atoms with E-state index in [-0.39, 0.29) is 11.6 Å². The van der Waals surface area contributed by atoms with Gasteiger partial charge in [-0.3, -0.25) is 0 Å². The van der Waals surface area contributed by atoms with Gasteiger partial charge in [0.25, 0.3) is 0 Å². The van der Waals surface area contributed by atoms with Crippen molar-refractivity contribution in [1.29, 1.82) is 0 Å². The fourth-order valence-electron chi connectivity index (χ4n) is 2.31. The zero-order chi connectivity index (χ0) is 11.4. The van der Waals surface area contributed by atoms with Crippen molar-refractivity contribution >= 4 is 11.3 Å². The topological polar surface area (TPSA) is 35.2 Å². The lowest BCUT2D eigenvalue weighted by Crippen LogP contribution is -2.49. The molecule has 90 valence electrons. The molecular weight excluding hydrogens is 218 g/mol. The first-order chi connectivity index (χ1) is 7.71. The largest absolute Gasteiger partial charge is 0.374 e. The standard InChI is InChI=1S/C13H21NOS/c1-13(7-2-3-8-15-13)12(14)5-4-11-6-9-16-10-11/h6,9-10,12H,2-5,7-8,14H2,1H3. The van der Waals surface area contributed by atoms with Gasteiger partial charge >= 0.3 is 0 Å². The summed E-state index contributed by atoms with van der Waals surface area (Å²) in [6.07, 6.45) is 5.64. The first-order valence-corrected chi connectivity index (χ1v) is 7.06. The molecule has 1 aliphatic heterocycles. The minimum Gasteiger partial charge on any atom is -0.374 e. The molecule has 1 aromatic heterocycles. The molecule has 2 rings (SSSR count). The maximum Gasteiger partial charge on any atom is 0.0804 e. The van der Waals surface area contributed by atoms with Crippen molar-refractivity contribution in [3.05, 3.63) is 22.4 Å². The van der Waals surface area contributed by atoms with Gasteiger partial charge in [-0.2, -0.15) is 11.3 Å². The summed E-state index contributed by atoms with van der Waals surface area (Å²) in [6, 6.07) is 2.34. The molecule has 0 amide bonds. The predicted molar refractivity (Wildman–Crippen MR) is 68.8 cm³/mol. The molecule has 0 aromatic carbocycles. The smallest absolute Gasteiger partial charge is 0.0804 e. The summed E-state index contributed by atoms with van der Waals surface area (Å²) >= 11 is 1.75. The molecule has 0 bridgehead atoms. The number of hydrogen-bond acceptors (Lipinski definition) is 3. The van der Waals surface area contributed by atoms with Crippen molar-refractivity contribution in [3.63, 3.8) is 0 Å². The molecule has 0 aliphatic carbocycles.